The SMILES string of the molecule is NCc1sc(Oc2cccc(Br)c2)nc1Cl. The maximum Gasteiger partial charge on any atom is 0.280 e. The van der Waals surface area contributed by atoms with Gasteiger partial charge in [-0.25, -0.2) is 0 Å². The van der Waals surface area contributed by atoms with Gasteiger partial charge in [0.1, 0.15) is 10.9 Å². The Kier molecular flexibility index (Phi) is 3.81. The molecule has 0 spiro atoms. The molecular formula is C10H8BrClN2OS. The third-order valence-electron chi connectivity index (χ3n) is 1.82. The molecule has 6 heteroatoms. The highest BCUT2D eigenvalue weighted by atomic mass is 79.9. The van der Waals surface area contributed by atoms with Crippen LogP contribution in [0.25, 0.3) is 0 Å². The average molecular weight is 320 g/mol. The first kappa shape index (κ1) is 11.9. The Labute approximate surface area is 110 Å². The summed E-state index contributed by atoms with van der Waals surface area (Å²) in [7, 11) is 0. The number of thiazole rings is 1. The molecular weight excluding hydrogens is 312 g/mol. The van der Waals surface area contributed by atoms with Crippen molar-refractivity contribution in [3.63, 3.8) is 0 Å². The molecule has 2 rings (SSSR count). The molecule has 2 N–H and O–H groups in total. The molecule has 0 aliphatic carbocycles. The zero-order valence-corrected chi connectivity index (χ0v) is 11.3. The molecule has 2 aromatic rings. The van der Waals surface area contributed by atoms with Gasteiger partial charge in [0.05, 0.1) is 4.88 Å². The summed E-state index contributed by atoms with van der Waals surface area (Å²) < 4.78 is 6.51. The molecule has 0 fully saturated rings. The molecule has 1 heterocycles. The van der Waals surface area contributed by atoms with Crippen molar-refractivity contribution in [2.45, 2.75) is 6.54 Å². The van der Waals surface area contributed by atoms with Crippen LogP contribution in [0.4, 0.5) is 0 Å². The highest BCUT2D eigenvalue weighted by Crippen LogP contribution is 2.32. The normalized spacial score (nSPS) is 10.4. The van der Waals surface area contributed by atoms with Crippen molar-refractivity contribution in [1.82, 2.24) is 4.98 Å². The standard InChI is InChI=1S/C10H8BrClN2OS/c11-6-2-1-3-7(4-6)15-10-14-9(12)8(5-13)16-10/h1-4H,5,13H2. The van der Waals surface area contributed by atoms with Gasteiger partial charge in [-0.1, -0.05) is 44.9 Å². The van der Waals surface area contributed by atoms with E-state index in [1.54, 1.807) is 0 Å². The molecule has 0 unspecified atom stereocenters. The van der Waals surface area contributed by atoms with E-state index in [9.17, 15) is 0 Å². The number of ether oxygens (including phenoxy) is 1. The van der Waals surface area contributed by atoms with Crippen LogP contribution in [0.15, 0.2) is 28.7 Å². The molecule has 1 aromatic heterocycles. The zero-order chi connectivity index (χ0) is 11.5. The number of rotatable bonds is 3. The van der Waals surface area contributed by atoms with Gasteiger partial charge in [-0.15, -0.1) is 0 Å². The summed E-state index contributed by atoms with van der Waals surface area (Å²) in [6.07, 6.45) is 0. The molecule has 84 valence electrons. The van der Waals surface area contributed by atoms with E-state index in [1.807, 2.05) is 24.3 Å². The molecule has 0 saturated heterocycles. The number of halogens is 2. The number of nitrogens with zero attached hydrogens (tertiary/aromatic N) is 1. The van der Waals surface area contributed by atoms with Gasteiger partial charge in [0.2, 0.25) is 0 Å². The Morgan fingerprint density at radius 2 is 2.31 bits per heavy atom. The highest BCUT2D eigenvalue weighted by molar-refractivity contribution is 9.10. The molecule has 1 aromatic carbocycles. The second-order valence-corrected chi connectivity index (χ2v) is 5.28. The van der Waals surface area contributed by atoms with Crippen molar-refractivity contribution in [1.29, 1.82) is 0 Å². The summed E-state index contributed by atoms with van der Waals surface area (Å²) in [5.74, 6) is 0.711. The molecule has 0 aliphatic heterocycles. The first-order chi connectivity index (χ1) is 7.69. The Balaban J connectivity index is 2.20. The predicted octanol–water partition coefficient (Wildman–Crippen LogP) is 3.81. The molecule has 0 radical (unpaired) electrons. The van der Waals surface area contributed by atoms with E-state index in [2.05, 4.69) is 20.9 Å². The van der Waals surface area contributed by atoms with Crippen molar-refractivity contribution >= 4 is 38.9 Å². The van der Waals surface area contributed by atoms with E-state index in [0.29, 0.717) is 22.6 Å². The Hall–Kier alpha value is -0.620. The van der Waals surface area contributed by atoms with E-state index < -0.39 is 0 Å². The van der Waals surface area contributed by atoms with Crippen molar-refractivity contribution in [3.05, 3.63) is 38.8 Å². The molecule has 0 saturated carbocycles. The van der Waals surface area contributed by atoms with Crippen molar-refractivity contribution in [2.75, 3.05) is 0 Å². The maximum atomic E-state index is 5.87. The Morgan fingerprint density at radius 1 is 1.50 bits per heavy atom. The fourth-order valence-electron chi connectivity index (χ4n) is 1.11. The minimum Gasteiger partial charge on any atom is -0.431 e. The quantitative estimate of drug-likeness (QED) is 0.936. The van der Waals surface area contributed by atoms with Crippen molar-refractivity contribution in [2.24, 2.45) is 5.73 Å². The molecule has 0 amide bonds. The van der Waals surface area contributed by atoms with E-state index in [4.69, 9.17) is 22.1 Å². The monoisotopic (exact) mass is 318 g/mol. The van der Waals surface area contributed by atoms with Gasteiger partial charge in [0, 0.05) is 11.0 Å². The van der Waals surface area contributed by atoms with Gasteiger partial charge in [-0.2, -0.15) is 4.98 Å². The lowest BCUT2D eigenvalue weighted by atomic mass is 10.3. The fraction of sp³-hybridized carbons (Fsp3) is 0.100. The van der Waals surface area contributed by atoms with Gasteiger partial charge in [0.25, 0.3) is 5.19 Å². The Bertz CT molecular complexity index is 503. The van der Waals surface area contributed by atoms with Gasteiger partial charge >= 0.3 is 0 Å². The van der Waals surface area contributed by atoms with Crippen LogP contribution in [-0.4, -0.2) is 4.98 Å². The van der Waals surface area contributed by atoms with E-state index in [1.165, 1.54) is 11.3 Å². The second-order valence-electron chi connectivity index (χ2n) is 2.96. The van der Waals surface area contributed by atoms with E-state index in [-0.39, 0.29) is 0 Å². The molecule has 3 nitrogen and oxygen atoms in total. The minimum absolute atomic E-state index is 0.373. The fourth-order valence-corrected chi connectivity index (χ4v) is 2.51. The summed E-state index contributed by atoms with van der Waals surface area (Å²) in [6, 6.07) is 7.52. The number of hydrogen-bond acceptors (Lipinski definition) is 4. The van der Waals surface area contributed by atoms with E-state index >= 15 is 0 Å². The van der Waals surface area contributed by atoms with Crippen LogP contribution in [-0.2, 0) is 6.54 Å². The number of hydrogen-bond donors (Lipinski definition) is 1. The smallest absolute Gasteiger partial charge is 0.280 e. The summed E-state index contributed by atoms with van der Waals surface area (Å²) in [5, 5.41) is 0.918. The minimum atomic E-state index is 0.373. The maximum absolute atomic E-state index is 5.87. The zero-order valence-electron chi connectivity index (χ0n) is 8.11. The van der Waals surface area contributed by atoms with Crippen LogP contribution in [0.3, 0.4) is 0 Å². The van der Waals surface area contributed by atoms with Gasteiger partial charge in [-0.3, -0.25) is 0 Å². The van der Waals surface area contributed by atoms with Gasteiger partial charge in [0.15, 0.2) is 0 Å². The van der Waals surface area contributed by atoms with Gasteiger partial charge < -0.3 is 10.5 Å². The molecule has 0 atom stereocenters. The Morgan fingerprint density at radius 3 is 2.94 bits per heavy atom. The summed E-state index contributed by atoms with van der Waals surface area (Å²) in [5.41, 5.74) is 5.50. The van der Waals surface area contributed by atoms with E-state index in [0.717, 1.165) is 9.35 Å². The third kappa shape index (κ3) is 2.74. The lowest BCUT2D eigenvalue weighted by molar-refractivity contribution is 0.478. The van der Waals surface area contributed by atoms with Crippen LogP contribution >= 0.6 is 38.9 Å². The predicted molar refractivity (Wildman–Crippen MR) is 69.2 cm³/mol. The highest BCUT2D eigenvalue weighted by Gasteiger charge is 2.09. The average Bonchev–Trinajstić information content (AvgIpc) is 2.58. The molecule has 16 heavy (non-hydrogen) atoms. The third-order valence-corrected chi connectivity index (χ3v) is 3.69. The van der Waals surface area contributed by atoms with Crippen molar-refractivity contribution in [3.8, 4) is 10.9 Å². The van der Waals surface area contributed by atoms with Gasteiger partial charge in [-0.05, 0) is 18.2 Å². The second kappa shape index (κ2) is 5.14. The number of benzene rings is 1. The summed E-state index contributed by atoms with van der Waals surface area (Å²) in [6.45, 7) is 0.373. The first-order valence-electron chi connectivity index (χ1n) is 4.47. The van der Waals surface area contributed by atoms with Crippen LogP contribution in [0.2, 0.25) is 5.15 Å². The number of nitrogens with two attached hydrogens (primary N) is 1. The van der Waals surface area contributed by atoms with Crippen LogP contribution in [0.1, 0.15) is 4.88 Å². The van der Waals surface area contributed by atoms with Crippen LogP contribution < -0.4 is 10.5 Å². The van der Waals surface area contributed by atoms with Crippen molar-refractivity contribution < 1.29 is 4.74 Å². The summed E-state index contributed by atoms with van der Waals surface area (Å²) >= 11 is 10.6. The topological polar surface area (TPSA) is 48.1 Å². The largest absolute Gasteiger partial charge is 0.431 e. The number of aromatic nitrogens is 1. The summed E-state index contributed by atoms with van der Waals surface area (Å²) in [4.78, 5) is 4.90. The first-order valence-corrected chi connectivity index (χ1v) is 6.46. The van der Waals surface area contributed by atoms with Crippen LogP contribution in [0.5, 0.6) is 10.9 Å². The van der Waals surface area contributed by atoms with Crippen LogP contribution in [0, 0.1) is 0 Å². The lowest BCUT2D eigenvalue weighted by Crippen LogP contribution is -1.92. The molecule has 0 aliphatic rings. The lowest BCUT2D eigenvalue weighted by Gasteiger charge is -2.00. The molecule has 0 bridgehead atoms.